The maximum Gasteiger partial charge on any atom is 0.328 e. The highest BCUT2D eigenvalue weighted by molar-refractivity contribution is 6.30. The number of hydrogen-bond donors (Lipinski definition) is 1. The molecule has 102 valence electrons. The molecule has 0 amide bonds. The number of nitrogens with one attached hydrogen (secondary N) is 1. The minimum atomic E-state index is -0.524. The molecule has 0 radical (unpaired) electrons. The molecule has 1 N–H and O–H groups in total. The van der Waals surface area contributed by atoms with Crippen molar-refractivity contribution >= 4 is 29.2 Å². The lowest BCUT2D eigenvalue weighted by Gasteiger charge is -2.16. The van der Waals surface area contributed by atoms with Crippen LogP contribution in [0.5, 0.6) is 0 Å². The van der Waals surface area contributed by atoms with Gasteiger partial charge in [-0.05, 0) is 20.8 Å². The first-order valence-corrected chi connectivity index (χ1v) is 6.21. The standard InChI is InChI=1S/C11H14ClN5O2/c1-4-19-10(18)7(3)15-9-6(2)8(12)16-11-13-5-14-17(9)11/h5,7,15H,4H2,1-3H3. The van der Waals surface area contributed by atoms with Gasteiger partial charge in [-0.1, -0.05) is 11.6 Å². The lowest BCUT2D eigenvalue weighted by atomic mass is 10.3. The summed E-state index contributed by atoms with van der Waals surface area (Å²) in [6.45, 7) is 5.58. The number of carbonyl (C=O) groups excluding carboxylic acids is 1. The molecule has 2 rings (SSSR count). The van der Waals surface area contributed by atoms with Crippen LogP contribution in [0.2, 0.25) is 5.15 Å². The number of halogens is 1. The van der Waals surface area contributed by atoms with Crippen molar-refractivity contribution in [2.24, 2.45) is 0 Å². The number of aromatic nitrogens is 4. The van der Waals surface area contributed by atoms with E-state index in [1.54, 1.807) is 20.8 Å². The van der Waals surface area contributed by atoms with Gasteiger partial charge in [0, 0.05) is 5.56 Å². The maximum atomic E-state index is 11.6. The molecule has 8 heteroatoms. The number of anilines is 1. The van der Waals surface area contributed by atoms with Crippen LogP contribution in [-0.4, -0.2) is 38.2 Å². The molecule has 0 saturated carbocycles. The third-order valence-corrected chi connectivity index (χ3v) is 2.97. The summed E-state index contributed by atoms with van der Waals surface area (Å²) >= 11 is 6.03. The van der Waals surface area contributed by atoms with Crippen LogP contribution in [0.3, 0.4) is 0 Å². The first kappa shape index (κ1) is 13.5. The van der Waals surface area contributed by atoms with E-state index in [2.05, 4.69) is 20.4 Å². The topological polar surface area (TPSA) is 81.4 Å². The summed E-state index contributed by atoms with van der Waals surface area (Å²) < 4.78 is 6.44. The van der Waals surface area contributed by atoms with E-state index >= 15 is 0 Å². The SMILES string of the molecule is CCOC(=O)C(C)Nc1c(C)c(Cl)nc2ncnn12. The molecule has 0 aromatic carbocycles. The normalized spacial score (nSPS) is 12.4. The summed E-state index contributed by atoms with van der Waals surface area (Å²) in [5.41, 5.74) is 0.691. The Labute approximate surface area is 114 Å². The van der Waals surface area contributed by atoms with E-state index in [9.17, 15) is 4.79 Å². The van der Waals surface area contributed by atoms with E-state index in [-0.39, 0.29) is 5.97 Å². The van der Waals surface area contributed by atoms with Gasteiger partial charge in [0.1, 0.15) is 23.3 Å². The Kier molecular flexibility index (Phi) is 3.84. The summed E-state index contributed by atoms with van der Waals surface area (Å²) in [6, 6.07) is -0.524. The van der Waals surface area contributed by atoms with E-state index in [4.69, 9.17) is 16.3 Å². The molecule has 0 aliphatic rings. The Morgan fingerprint density at radius 3 is 3.05 bits per heavy atom. The minimum Gasteiger partial charge on any atom is -0.464 e. The Bertz CT molecular complexity index is 612. The molecule has 0 bridgehead atoms. The second-order valence-corrected chi connectivity index (χ2v) is 4.32. The summed E-state index contributed by atoms with van der Waals surface area (Å²) in [6.07, 6.45) is 1.37. The third kappa shape index (κ3) is 2.60. The average molecular weight is 284 g/mol. The molecule has 2 aromatic heterocycles. The fraction of sp³-hybridized carbons (Fsp3) is 0.455. The molecule has 7 nitrogen and oxygen atoms in total. The van der Waals surface area contributed by atoms with Crippen molar-refractivity contribution in [1.29, 1.82) is 0 Å². The van der Waals surface area contributed by atoms with Crippen molar-refractivity contribution in [2.75, 3.05) is 11.9 Å². The third-order valence-electron chi connectivity index (χ3n) is 2.60. The number of carbonyl (C=O) groups is 1. The summed E-state index contributed by atoms with van der Waals surface area (Å²) in [7, 11) is 0. The van der Waals surface area contributed by atoms with Gasteiger partial charge in [0.15, 0.2) is 0 Å². The monoisotopic (exact) mass is 283 g/mol. The van der Waals surface area contributed by atoms with Crippen LogP contribution in [0.4, 0.5) is 5.82 Å². The van der Waals surface area contributed by atoms with Crippen LogP contribution >= 0.6 is 11.6 Å². The van der Waals surface area contributed by atoms with Gasteiger partial charge in [-0.15, -0.1) is 0 Å². The van der Waals surface area contributed by atoms with Gasteiger partial charge in [0.2, 0.25) is 0 Å². The molecule has 0 aliphatic heterocycles. The van der Waals surface area contributed by atoms with E-state index in [1.807, 2.05) is 0 Å². The van der Waals surface area contributed by atoms with Crippen molar-refractivity contribution in [3.8, 4) is 0 Å². The Morgan fingerprint density at radius 2 is 2.37 bits per heavy atom. The molecule has 0 aliphatic carbocycles. The van der Waals surface area contributed by atoms with E-state index in [1.165, 1.54) is 10.8 Å². The number of ether oxygens (including phenoxy) is 1. The Morgan fingerprint density at radius 1 is 1.63 bits per heavy atom. The van der Waals surface area contributed by atoms with Gasteiger partial charge in [-0.2, -0.15) is 19.6 Å². The fourth-order valence-electron chi connectivity index (χ4n) is 1.60. The number of rotatable bonds is 4. The Balaban J connectivity index is 2.36. The highest BCUT2D eigenvalue weighted by Crippen LogP contribution is 2.22. The molecule has 0 saturated heterocycles. The van der Waals surface area contributed by atoms with Crippen molar-refractivity contribution in [2.45, 2.75) is 26.8 Å². The molecular formula is C11H14ClN5O2. The van der Waals surface area contributed by atoms with Gasteiger partial charge in [-0.3, -0.25) is 0 Å². The second kappa shape index (κ2) is 5.40. The van der Waals surface area contributed by atoms with Crippen LogP contribution in [0, 0.1) is 6.92 Å². The van der Waals surface area contributed by atoms with E-state index in [0.717, 1.165) is 0 Å². The number of fused-ring (bicyclic) bond motifs is 1. The summed E-state index contributed by atoms with van der Waals surface area (Å²) in [5, 5.41) is 7.39. The van der Waals surface area contributed by atoms with E-state index < -0.39 is 6.04 Å². The fourth-order valence-corrected chi connectivity index (χ4v) is 1.76. The zero-order chi connectivity index (χ0) is 14.0. The summed E-state index contributed by atoms with van der Waals surface area (Å²) in [5.74, 6) is 0.602. The van der Waals surface area contributed by atoms with Crippen LogP contribution in [0.15, 0.2) is 6.33 Å². The predicted octanol–water partition coefficient (Wildman–Crippen LogP) is 1.45. The van der Waals surface area contributed by atoms with Crippen LogP contribution in [0.1, 0.15) is 19.4 Å². The lowest BCUT2D eigenvalue weighted by Crippen LogP contribution is -2.29. The number of nitrogens with zero attached hydrogens (tertiary/aromatic N) is 4. The Hall–Kier alpha value is -1.89. The highest BCUT2D eigenvalue weighted by Gasteiger charge is 2.18. The van der Waals surface area contributed by atoms with Crippen molar-refractivity contribution in [1.82, 2.24) is 19.6 Å². The molecular weight excluding hydrogens is 270 g/mol. The molecule has 0 spiro atoms. The van der Waals surface area contributed by atoms with Crippen LogP contribution in [-0.2, 0) is 9.53 Å². The zero-order valence-corrected chi connectivity index (χ0v) is 11.6. The average Bonchev–Trinajstić information content (AvgIpc) is 2.82. The van der Waals surface area contributed by atoms with Crippen molar-refractivity contribution in [3.05, 3.63) is 17.0 Å². The smallest absolute Gasteiger partial charge is 0.328 e. The molecule has 19 heavy (non-hydrogen) atoms. The number of esters is 1. The quantitative estimate of drug-likeness (QED) is 0.676. The van der Waals surface area contributed by atoms with Gasteiger partial charge < -0.3 is 10.1 Å². The largest absolute Gasteiger partial charge is 0.464 e. The zero-order valence-electron chi connectivity index (χ0n) is 10.8. The first-order valence-electron chi connectivity index (χ1n) is 5.83. The van der Waals surface area contributed by atoms with Gasteiger partial charge in [-0.25, -0.2) is 4.79 Å². The van der Waals surface area contributed by atoms with E-state index in [0.29, 0.717) is 28.9 Å². The second-order valence-electron chi connectivity index (χ2n) is 3.97. The first-order chi connectivity index (χ1) is 9.04. The molecule has 2 aromatic rings. The minimum absolute atomic E-state index is 0.319. The van der Waals surface area contributed by atoms with Gasteiger partial charge in [0.25, 0.3) is 5.78 Å². The maximum absolute atomic E-state index is 11.6. The number of hydrogen-bond acceptors (Lipinski definition) is 6. The summed E-state index contributed by atoms with van der Waals surface area (Å²) in [4.78, 5) is 19.7. The highest BCUT2D eigenvalue weighted by atomic mass is 35.5. The van der Waals surface area contributed by atoms with Crippen LogP contribution < -0.4 is 5.32 Å². The predicted molar refractivity (Wildman–Crippen MR) is 70.2 cm³/mol. The molecule has 0 fully saturated rings. The van der Waals surface area contributed by atoms with Crippen molar-refractivity contribution in [3.63, 3.8) is 0 Å². The van der Waals surface area contributed by atoms with Crippen LogP contribution in [0.25, 0.3) is 5.78 Å². The van der Waals surface area contributed by atoms with Gasteiger partial charge >= 0.3 is 5.97 Å². The van der Waals surface area contributed by atoms with Gasteiger partial charge in [0.05, 0.1) is 6.61 Å². The van der Waals surface area contributed by atoms with Crippen molar-refractivity contribution < 1.29 is 9.53 Å². The lowest BCUT2D eigenvalue weighted by molar-refractivity contribution is -0.143. The molecule has 1 atom stereocenters. The molecule has 2 heterocycles. The molecule has 1 unspecified atom stereocenters.